The molecule has 4 heteroatoms. The van der Waals surface area contributed by atoms with Gasteiger partial charge in [-0.15, -0.1) is 0 Å². The van der Waals surface area contributed by atoms with E-state index in [2.05, 4.69) is 4.98 Å². The molecule has 0 spiro atoms. The van der Waals surface area contributed by atoms with E-state index in [9.17, 15) is 4.79 Å². The molecule has 0 aliphatic carbocycles. The number of nitrogens with zero attached hydrogens (tertiary/aromatic N) is 2. The molecule has 22 heavy (non-hydrogen) atoms. The summed E-state index contributed by atoms with van der Waals surface area (Å²) in [6, 6.07) is 14.9. The molecular formula is C18H18N2O2. The van der Waals surface area contributed by atoms with Gasteiger partial charge in [0.2, 0.25) is 0 Å². The van der Waals surface area contributed by atoms with Crippen LogP contribution in [0.1, 0.15) is 19.7 Å². The van der Waals surface area contributed by atoms with Crippen molar-refractivity contribution < 1.29 is 4.74 Å². The molecule has 0 amide bonds. The Kier molecular flexibility index (Phi) is 3.67. The third-order valence-corrected chi connectivity index (χ3v) is 3.41. The second-order valence-electron chi connectivity index (χ2n) is 5.48. The average Bonchev–Trinajstić information content (AvgIpc) is 2.48. The van der Waals surface area contributed by atoms with Crippen LogP contribution in [0.3, 0.4) is 0 Å². The molecule has 3 aromatic rings. The molecule has 0 atom stereocenters. The summed E-state index contributed by atoms with van der Waals surface area (Å²) in [5, 5.41) is 0.621. The van der Waals surface area contributed by atoms with Gasteiger partial charge in [0, 0.05) is 0 Å². The van der Waals surface area contributed by atoms with Gasteiger partial charge in [-0.2, -0.15) is 0 Å². The number of aromatic nitrogens is 2. The summed E-state index contributed by atoms with van der Waals surface area (Å²) < 4.78 is 7.26. The SMILES string of the molecule is Cc1nc2ccccc2c(=O)n1-c1ccc(OC(C)C)cc1. The third kappa shape index (κ3) is 2.60. The highest BCUT2D eigenvalue weighted by molar-refractivity contribution is 5.77. The first-order valence-electron chi connectivity index (χ1n) is 7.32. The Balaban J connectivity index is 2.12. The Morgan fingerprint density at radius 3 is 2.41 bits per heavy atom. The second-order valence-corrected chi connectivity index (χ2v) is 5.48. The van der Waals surface area contributed by atoms with Crippen molar-refractivity contribution in [3.63, 3.8) is 0 Å². The van der Waals surface area contributed by atoms with Gasteiger partial charge in [0.05, 0.1) is 22.7 Å². The summed E-state index contributed by atoms with van der Waals surface area (Å²) in [4.78, 5) is 17.2. The quantitative estimate of drug-likeness (QED) is 0.743. The van der Waals surface area contributed by atoms with E-state index in [0.29, 0.717) is 11.2 Å². The summed E-state index contributed by atoms with van der Waals surface area (Å²) >= 11 is 0. The van der Waals surface area contributed by atoms with Crippen LogP contribution in [-0.2, 0) is 0 Å². The zero-order chi connectivity index (χ0) is 15.7. The smallest absolute Gasteiger partial charge is 0.265 e. The van der Waals surface area contributed by atoms with E-state index in [-0.39, 0.29) is 11.7 Å². The number of hydrogen-bond acceptors (Lipinski definition) is 3. The first kappa shape index (κ1) is 14.3. The van der Waals surface area contributed by atoms with Crippen molar-refractivity contribution >= 4 is 10.9 Å². The van der Waals surface area contributed by atoms with E-state index in [1.165, 1.54) is 0 Å². The van der Waals surface area contributed by atoms with Crippen LogP contribution >= 0.6 is 0 Å². The number of para-hydroxylation sites is 1. The van der Waals surface area contributed by atoms with E-state index in [1.54, 1.807) is 10.6 Å². The van der Waals surface area contributed by atoms with Gasteiger partial charge in [-0.1, -0.05) is 12.1 Å². The minimum Gasteiger partial charge on any atom is -0.491 e. The van der Waals surface area contributed by atoms with Gasteiger partial charge in [-0.3, -0.25) is 9.36 Å². The Labute approximate surface area is 129 Å². The zero-order valence-corrected chi connectivity index (χ0v) is 12.9. The molecule has 1 aromatic heterocycles. The van der Waals surface area contributed by atoms with Gasteiger partial charge in [0.1, 0.15) is 11.6 Å². The summed E-state index contributed by atoms with van der Waals surface area (Å²) in [6.07, 6.45) is 0.123. The molecule has 0 aliphatic rings. The molecule has 0 unspecified atom stereocenters. The van der Waals surface area contributed by atoms with E-state index >= 15 is 0 Å². The molecule has 3 rings (SSSR count). The number of hydrogen-bond donors (Lipinski definition) is 0. The number of aryl methyl sites for hydroxylation is 1. The van der Waals surface area contributed by atoms with Crippen molar-refractivity contribution in [2.24, 2.45) is 0 Å². The molecule has 4 nitrogen and oxygen atoms in total. The van der Waals surface area contributed by atoms with E-state index in [0.717, 1.165) is 17.0 Å². The molecule has 0 saturated heterocycles. The maximum atomic E-state index is 12.7. The number of ether oxygens (including phenoxy) is 1. The van der Waals surface area contributed by atoms with Gasteiger partial charge in [-0.25, -0.2) is 4.98 Å². The largest absolute Gasteiger partial charge is 0.491 e. The molecule has 0 bridgehead atoms. The molecule has 0 fully saturated rings. The van der Waals surface area contributed by atoms with Gasteiger partial charge in [-0.05, 0) is 57.2 Å². The molecular weight excluding hydrogens is 276 g/mol. The summed E-state index contributed by atoms with van der Waals surface area (Å²) in [6.45, 7) is 5.80. The lowest BCUT2D eigenvalue weighted by Gasteiger charge is -2.13. The molecule has 1 heterocycles. The van der Waals surface area contributed by atoms with Gasteiger partial charge < -0.3 is 4.74 Å². The molecule has 0 N–H and O–H groups in total. The third-order valence-electron chi connectivity index (χ3n) is 3.41. The monoisotopic (exact) mass is 294 g/mol. The van der Waals surface area contributed by atoms with Crippen molar-refractivity contribution in [2.45, 2.75) is 26.9 Å². The molecule has 0 radical (unpaired) electrons. The fraction of sp³-hybridized carbons (Fsp3) is 0.222. The van der Waals surface area contributed by atoms with Gasteiger partial charge >= 0.3 is 0 Å². The van der Waals surface area contributed by atoms with Crippen LogP contribution in [-0.4, -0.2) is 15.7 Å². The lowest BCUT2D eigenvalue weighted by molar-refractivity contribution is 0.242. The van der Waals surface area contributed by atoms with Crippen molar-refractivity contribution in [3.05, 3.63) is 64.7 Å². The van der Waals surface area contributed by atoms with E-state index in [4.69, 9.17) is 4.74 Å². The average molecular weight is 294 g/mol. The molecule has 112 valence electrons. The number of fused-ring (bicyclic) bond motifs is 1. The standard InChI is InChI=1S/C18H18N2O2/c1-12(2)22-15-10-8-14(9-11-15)20-13(3)19-17-7-5-4-6-16(17)18(20)21/h4-12H,1-3H3. The van der Waals surface area contributed by atoms with Crippen LogP contribution in [0.4, 0.5) is 0 Å². The Hall–Kier alpha value is -2.62. The molecule has 0 saturated carbocycles. The van der Waals surface area contributed by atoms with Crippen LogP contribution in [0.2, 0.25) is 0 Å². The Bertz CT molecular complexity index is 864. The maximum Gasteiger partial charge on any atom is 0.265 e. The minimum atomic E-state index is -0.0550. The first-order valence-corrected chi connectivity index (χ1v) is 7.32. The van der Waals surface area contributed by atoms with Crippen molar-refractivity contribution in [1.29, 1.82) is 0 Å². The highest BCUT2D eigenvalue weighted by Gasteiger charge is 2.09. The van der Waals surface area contributed by atoms with Crippen LogP contribution in [0.5, 0.6) is 5.75 Å². The number of rotatable bonds is 3. The summed E-state index contributed by atoms with van der Waals surface area (Å²) in [5.41, 5.74) is 1.46. The van der Waals surface area contributed by atoms with Crippen LogP contribution in [0, 0.1) is 6.92 Å². The second kappa shape index (κ2) is 5.64. The number of benzene rings is 2. The van der Waals surface area contributed by atoms with Gasteiger partial charge in [0.15, 0.2) is 0 Å². The normalized spacial score (nSPS) is 11.1. The van der Waals surface area contributed by atoms with Crippen molar-refractivity contribution in [2.75, 3.05) is 0 Å². The summed E-state index contributed by atoms with van der Waals surface area (Å²) in [7, 11) is 0. The lowest BCUT2D eigenvalue weighted by Crippen LogP contribution is -2.22. The fourth-order valence-electron chi connectivity index (χ4n) is 2.49. The lowest BCUT2D eigenvalue weighted by atomic mass is 10.2. The first-order chi connectivity index (χ1) is 10.6. The predicted octanol–water partition coefficient (Wildman–Crippen LogP) is 3.48. The summed E-state index contributed by atoms with van der Waals surface area (Å²) in [5.74, 6) is 1.46. The van der Waals surface area contributed by atoms with Crippen molar-refractivity contribution in [3.8, 4) is 11.4 Å². The minimum absolute atomic E-state index is 0.0550. The van der Waals surface area contributed by atoms with Crippen LogP contribution in [0.15, 0.2) is 53.3 Å². The van der Waals surface area contributed by atoms with Gasteiger partial charge in [0.25, 0.3) is 5.56 Å². The maximum absolute atomic E-state index is 12.7. The van der Waals surface area contributed by atoms with E-state index in [1.807, 2.05) is 63.2 Å². The Morgan fingerprint density at radius 2 is 1.73 bits per heavy atom. The fourth-order valence-corrected chi connectivity index (χ4v) is 2.49. The molecule has 2 aromatic carbocycles. The zero-order valence-electron chi connectivity index (χ0n) is 12.9. The van der Waals surface area contributed by atoms with Crippen LogP contribution < -0.4 is 10.3 Å². The topological polar surface area (TPSA) is 44.1 Å². The predicted molar refractivity (Wildman–Crippen MR) is 87.8 cm³/mol. The highest BCUT2D eigenvalue weighted by Crippen LogP contribution is 2.17. The molecule has 0 aliphatic heterocycles. The Morgan fingerprint density at radius 1 is 1.05 bits per heavy atom. The van der Waals surface area contributed by atoms with Crippen molar-refractivity contribution in [1.82, 2.24) is 9.55 Å². The van der Waals surface area contributed by atoms with E-state index < -0.39 is 0 Å². The van der Waals surface area contributed by atoms with Crippen LogP contribution in [0.25, 0.3) is 16.6 Å². The highest BCUT2D eigenvalue weighted by atomic mass is 16.5.